The van der Waals surface area contributed by atoms with Crippen molar-refractivity contribution in [3.8, 4) is 11.9 Å². The number of carbonyl (C=O) groups is 1. The number of rotatable bonds is 7. The average Bonchev–Trinajstić information content (AvgIpc) is 3.04. The van der Waals surface area contributed by atoms with E-state index in [1.807, 2.05) is 10.6 Å². The molecule has 3 aromatic heterocycles. The minimum Gasteiger partial charge on any atom is -0.481 e. The van der Waals surface area contributed by atoms with Crippen molar-refractivity contribution < 1.29 is 13.9 Å². The van der Waals surface area contributed by atoms with Gasteiger partial charge in [-0.2, -0.15) is 5.26 Å². The first-order valence-corrected chi connectivity index (χ1v) is 8.14. The van der Waals surface area contributed by atoms with Crippen LogP contribution >= 0.6 is 0 Å². The molecule has 0 saturated heterocycles. The van der Waals surface area contributed by atoms with Gasteiger partial charge in [-0.15, -0.1) is 0 Å². The fourth-order valence-electron chi connectivity index (χ4n) is 2.86. The fraction of sp³-hybridized carbons (Fsp3) is 0.263. The molecule has 0 saturated carbocycles. The van der Waals surface area contributed by atoms with E-state index in [0.717, 1.165) is 11.1 Å². The van der Waals surface area contributed by atoms with Crippen LogP contribution in [0.15, 0.2) is 36.8 Å². The van der Waals surface area contributed by atoms with Crippen LogP contribution in [0.3, 0.4) is 0 Å². The highest BCUT2D eigenvalue weighted by atomic mass is 19.1. The molecule has 0 atom stereocenters. The maximum Gasteiger partial charge on any atom is 0.218 e. The van der Waals surface area contributed by atoms with Gasteiger partial charge in [-0.1, -0.05) is 0 Å². The second kappa shape index (κ2) is 7.74. The highest BCUT2D eigenvalue weighted by Crippen LogP contribution is 2.24. The number of Topliss-reactive ketones (excluding diaryl/α,β-unsaturated/α-hetero) is 1. The van der Waals surface area contributed by atoms with Gasteiger partial charge in [0.1, 0.15) is 6.07 Å². The Morgan fingerprint density at radius 1 is 1.42 bits per heavy atom. The van der Waals surface area contributed by atoms with E-state index in [2.05, 4.69) is 16.0 Å². The molecule has 0 aliphatic heterocycles. The summed E-state index contributed by atoms with van der Waals surface area (Å²) in [5.41, 5.74) is 2.97. The van der Waals surface area contributed by atoms with Gasteiger partial charge in [0.2, 0.25) is 5.88 Å². The largest absolute Gasteiger partial charge is 0.481 e. The van der Waals surface area contributed by atoms with E-state index < -0.39 is 6.67 Å². The third-order valence-corrected chi connectivity index (χ3v) is 4.06. The van der Waals surface area contributed by atoms with Crippen molar-refractivity contribution in [3.05, 3.63) is 53.5 Å². The van der Waals surface area contributed by atoms with Gasteiger partial charge in [0.15, 0.2) is 5.78 Å². The van der Waals surface area contributed by atoms with Crippen molar-refractivity contribution in [2.24, 2.45) is 0 Å². The standard InChI is InChI=1S/C19H17FN4O2/c1-26-19-14(8-13(9-21)10-23-19)11-24-12-15(17(25)5-2-6-20)18-16(24)4-3-7-22-18/h3-4,7-8,10,12H,2,5-6,11H2,1H3. The van der Waals surface area contributed by atoms with Crippen LogP contribution in [0.1, 0.15) is 34.3 Å². The number of pyridine rings is 2. The van der Waals surface area contributed by atoms with Crippen molar-refractivity contribution in [2.75, 3.05) is 13.8 Å². The fourth-order valence-corrected chi connectivity index (χ4v) is 2.86. The molecule has 0 radical (unpaired) electrons. The Kier molecular flexibility index (Phi) is 5.23. The van der Waals surface area contributed by atoms with Crippen molar-refractivity contribution in [1.29, 1.82) is 5.26 Å². The number of fused-ring (bicyclic) bond motifs is 1. The second-order valence-corrected chi connectivity index (χ2v) is 5.76. The van der Waals surface area contributed by atoms with Gasteiger partial charge in [0, 0.05) is 30.6 Å². The minimum absolute atomic E-state index is 0.138. The van der Waals surface area contributed by atoms with Gasteiger partial charge in [-0.05, 0) is 24.6 Å². The van der Waals surface area contributed by atoms with Crippen LogP contribution in [0.2, 0.25) is 0 Å². The van der Waals surface area contributed by atoms with Crippen molar-refractivity contribution in [3.63, 3.8) is 0 Å². The van der Waals surface area contributed by atoms with Gasteiger partial charge >= 0.3 is 0 Å². The molecule has 26 heavy (non-hydrogen) atoms. The van der Waals surface area contributed by atoms with E-state index >= 15 is 0 Å². The van der Waals surface area contributed by atoms with Crippen LogP contribution in [0.25, 0.3) is 11.0 Å². The number of methoxy groups -OCH3 is 1. The molecule has 0 aliphatic rings. The molecule has 0 amide bonds. The zero-order chi connectivity index (χ0) is 18.5. The number of hydrogen-bond donors (Lipinski definition) is 0. The highest BCUT2D eigenvalue weighted by molar-refractivity contribution is 6.06. The summed E-state index contributed by atoms with van der Waals surface area (Å²) in [6, 6.07) is 7.42. The topological polar surface area (TPSA) is 80.8 Å². The molecule has 6 nitrogen and oxygen atoms in total. The lowest BCUT2D eigenvalue weighted by molar-refractivity contribution is 0.0978. The average molecular weight is 352 g/mol. The van der Waals surface area contributed by atoms with Gasteiger partial charge in [0.25, 0.3) is 0 Å². The van der Waals surface area contributed by atoms with Crippen molar-refractivity contribution in [1.82, 2.24) is 14.5 Å². The summed E-state index contributed by atoms with van der Waals surface area (Å²) >= 11 is 0. The monoisotopic (exact) mass is 352 g/mol. The number of aromatic nitrogens is 3. The molecule has 7 heteroatoms. The van der Waals surface area contributed by atoms with E-state index in [0.29, 0.717) is 29.1 Å². The first kappa shape index (κ1) is 17.5. The quantitative estimate of drug-likeness (QED) is 0.610. The Morgan fingerprint density at radius 2 is 2.27 bits per heavy atom. The Hall–Kier alpha value is -3.27. The number of hydrogen-bond acceptors (Lipinski definition) is 5. The lowest BCUT2D eigenvalue weighted by Gasteiger charge is -2.09. The van der Waals surface area contributed by atoms with E-state index in [1.54, 1.807) is 24.5 Å². The van der Waals surface area contributed by atoms with Gasteiger partial charge in [-0.25, -0.2) is 4.98 Å². The van der Waals surface area contributed by atoms with Crippen LogP contribution in [-0.2, 0) is 6.54 Å². The number of ketones is 1. The number of alkyl halides is 1. The normalized spacial score (nSPS) is 10.7. The molecule has 0 aromatic carbocycles. The van der Waals surface area contributed by atoms with E-state index in [-0.39, 0.29) is 18.6 Å². The Morgan fingerprint density at radius 3 is 3.00 bits per heavy atom. The van der Waals surface area contributed by atoms with Crippen LogP contribution in [0.4, 0.5) is 4.39 Å². The summed E-state index contributed by atoms with van der Waals surface area (Å²) in [4.78, 5) is 20.9. The summed E-state index contributed by atoms with van der Waals surface area (Å²) in [5, 5.41) is 9.10. The lowest BCUT2D eigenvalue weighted by Crippen LogP contribution is -2.03. The summed E-state index contributed by atoms with van der Waals surface area (Å²) in [6.45, 7) is -0.161. The molecule has 3 rings (SSSR count). The molecule has 0 spiro atoms. The SMILES string of the molecule is COc1ncc(C#N)cc1Cn1cc(C(=O)CCCF)c2ncccc21. The first-order chi connectivity index (χ1) is 12.7. The predicted octanol–water partition coefficient (Wildman–Crippen LogP) is 3.29. The zero-order valence-electron chi connectivity index (χ0n) is 14.3. The maximum atomic E-state index is 12.4. The van der Waals surface area contributed by atoms with Crippen molar-refractivity contribution >= 4 is 16.8 Å². The molecule has 132 valence electrons. The van der Waals surface area contributed by atoms with E-state index in [4.69, 9.17) is 10.00 Å². The molecule has 0 aliphatic carbocycles. The van der Waals surface area contributed by atoms with Crippen molar-refractivity contribution in [2.45, 2.75) is 19.4 Å². The number of nitriles is 1. The van der Waals surface area contributed by atoms with Gasteiger partial charge in [-0.3, -0.25) is 14.2 Å². The molecular weight excluding hydrogens is 335 g/mol. The molecule has 0 N–H and O–H groups in total. The molecule has 0 unspecified atom stereocenters. The summed E-state index contributed by atoms with van der Waals surface area (Å²) < 4.78 is 19.6. The smallest absolute Gasteiger partial charge is 0.218 e. The highest BCUT2D eigenvalue weighted by Gasteiger charge is 2.17. The van der Waals surface area contributed by atoms with Crippen LogP contribution in [0, 0.1) is 11.3 Å². The molecule has 0 fully saturated rings. The predicted molar refractivity (Wildman–Crippen MR) is 93.9 cm³/mol. The molecule has 3 heterocycles. The number of halogens is 1. The van der Waals surface area contributed by atoms with Gasteiger partial charge < -0.3 is 9.30 Å². The first-order valence-electron chi connectivity index (χ1n) is 8.14. The number of nitrogens with zero attached hydrogens (tertiary/aromatic N) is 4. The number of ether oxygens (including phenoxy) is 1. The van der Waals surface area contributed by atoms with Crippen LogP contribution in [0.5, 0.6) is 5.88 Å². The summed E-state index contributed by atoms with van der Waals surface area (Å²) in [7, 11) is 1.51. The molecule has 3 aromatic rings. The molecular formula is C19H17FN4O2. The number of carbonyl (C=O) groups excluding carboxylic acids is 1. The van der Waals surface area contributed by atoms with E-state index in [1.165, 1.54) is 13.3 Å². The summed E-state index contributed by atoms with van der Waals surface area (Å²) in [6.07, 6.45) is 5.12. The third-order valence-electron chi connectivity index (χ3n) is 4.06. The van der Waals surface area contributed by atoms with Crippen LogP contribution < -0.4 is 4.74 Å². The Balaban J connectivity index is 2.04. The maximum absolute atomic E-state index is 12.4. The third kappa shape index (κ3) is 3.40. The second-order valence-electron chi connectivity index (χ2n) is 5.76. The summed E-state index contributed by atoms with van der Waals surface area (Å²) in [5.74, 6) is 0.279. The van der Waals surface area contributed by atoms with Gasteiger partial charge in [0.05, 0.1) is 42.5 Å². The van der Waals surface area contributed by atoms with Crippen LogP contribution in [-0.4, -0.2) is 34.1 Å². The minimum atomic E-state index is -0.526. The molecule has 0 bridgehead atoms. The zero-order valence-corrected chi connectivity index (χ0v) is 14.3. The van der Waals surface area contributed by atoms with E-state index in [9.17, 15) is 9.18 Å². The Bertz CT molecular complexity index is 991. The Labute approximate surface area is 149 Å². The lowest BCUT2D eigenvalue weighted by atomic mass is 10.1.